The van der Waals surface area contributed by atoms with Crippen LogP contribution in [0.1, 0.15) is 6.42 Å². The predicted molar refractivity (Wildman–Crippen MR) is 46.1 cm³/mol. The maximum Gasteiger partial charge on any atom is 0.213 e. The molecule has 1 saturated heterocycles. The summed E-state index contributed by atoms with van der Waals surface area (Å²) in [5.41, 5.74) is 0. The zero-order valence-corrected chi connectivity index (χ0v) is 7.16. The highest BCUT2D eigenvalue weighted by Crippen LogP contribution is 2.10. The SMILES string of the molecule is Fc1ccc(OC[C@@H]2CCN2)cn1. The van der Waals surface area contributed by atoms with Crippen LogP contribution in [0, 0.1) is 5.95 Å². The topological polar surface area (TPSA) is 34.1 Å². The normalized spacial score (nSPS) is 20.8. The van der Waals surface area contributed by atoms with Gasteiger partial charge in [0, 0.05) is 6.04 Å². The summed E-state index contributed by atoms with van der Waals surface area (Å²) in [5, 5.41) is 3.21. The molecular weight excluding hydrogens is 171 g/mol. The maximum atomic E-state index is 12.4. The van der Waals surface area contributed by atoms with Gasteiger partial charge in [-0.15, -0.1) is 0 Å². The van der Waals surface area contributed by atoms with Crippen LogP contribution >= 0.6 is 0 Å². The van der Waals surface area contributed by atoms with E-state index in [1.807, 2.05) is 0 Å². The average molecular weight is 182 g/mol. The monoisotopic (exact) mass is 182 g/mol. The largest absolute Gasteiger partial charge is 0.490 e. The number of aromatic nitrogens is 1. The molecule has 0 spiro atoms. The molecule has 1 aliphatic heterocycles. The lowest BCUT2D eigenvalue weighted by molar-refractivity contribution is 0.216. The molecule has 1 aromatic heterocycles. The van der Waals surface area contributed by atoms with Crippen LogP contribution in [0.4, 0.5) is 4.39 Å². The lowest BCUT2D eigenvalue weighted by Crippen LogP contribution is -2.46. The van der Waals surface area contributed by atoms with Crippen LogP contribution in [-0.2, 0) is 0 Å². The van der Waals surface area contributed by atoms with E-state index in [0.29, 0.717) is 18.4 Å². The van der Waals surface area contributed by atoms with E-state index < -0.39 is 5.95 Å². The molecule has 0 saturated carbocycles. The molecule has 4 heteroatoms. The molecule has 0 unspecified atom stereocenters. The Hall–Kier alpha value is -1.16. The Morgan fingerprint density at radius 2 is 2.46 bits per heavy atom. The predicted octanol–water partition coefficient (Wildman–Crippen LogP) is 0.961. The van der Waals surface area contributed by atoms with Crippen LogP contribution in [0.25, 0.3) is 0 Å². The standard InChI is InChI=1S/C9H11FN2O/c10-9-2-1-8(5-12-9)13-6-7-3-4-11-7/h1-2,5,7,11H,3-4,6H2/t7-/m0/s1. The number of rotatable bonds is 3. The Morgan fingerprint density at radius 1 is 1.62 bits per heavy atom. The molecule has 1 fully saturated rings. The first-order valence-corrected chi connectivity index (χ1v) is 4.32. The number of hydrogen-bond acceptors (Lipinski definition) is 3. The second-order valence-corrected chi connectivity index (χ2v) is 3.07. The molecule has 0 radical (unpaired) electrons. The van der Waals surface area contributed by atoms with E-state index in [0.717, 1.165) is 13.0 Å². The summed E-state index contributed by atoms with van der Waals surface area (Å²) >= 11 is 0. The summed E-state index contributed by atoms with van der Waals surface area (Å²) in [4.78, 5) is 3.49. The van der Waals surface area contributed by atoms with E-state index in [2.05, 4.69) is 10.3 Å². The molecule has 2 heterocycles. The van der Waals surface area contributed by atoms with Crippen molar-refractivity contribution in [3.05, 3.63) is 24.3 Å². The van der Waals surface area contributed by atoms with Crippen LogP contribution in [0.3, 0.4) is 0 Å². The van der Waals surface area contributed by atoms with Gasteiger partial charge in [-0.3, -0.25) is 0 Å². The van der Waals surface area contributed by atoms with Gasteiger partial charge in [-0.25, -0.2) is 4.98 Å². The second kappa shape index (κ2) is 3.70. The Kier molecular flexibility index (Phi) is 2.40. The molecule has 0 aromatic carbocycles. The quantitative estimate of drug-likeness (QED) is 0.707. The van der Waals surface area contributed by atoms with Gasteiger partial charge >= 0.3 is 0 Å². The molecule has 0 amide bonds. The summed E-state index contributed by atoms with van der Waals surface area (Å²) in [6.45, 7) is 1.70. The van der Waals surface area contributed by atoms with Gasteiger partial charge in [0.2, 0.25) is 5.95 Å². The first-order valence-electron chi connectivity index (χ1n) is 4.32. The van der Waals surface area contributed by atoms with Gasteiger partial charge in [0.15, 0.2) is 0 Å². The van der Waals surface area contributed by atoms with Crippen molar-refractivity contribution in [1.29, 1.82) is 0 Å². The van der Waals surface area contributed by atoms with Gasteiger partial charge in [-0.2, -0.15) is 4.39 Å². The molecule has 1 atom stereocenters. The molecular formula is C9H11FN2O. The van der Waals surface area contributed by atoms with E-state index in [1.165, 1.54) is 12.3 Å². The third kappa shape index (κ3) is 2.15. The summed E-state index contributed by atoms with van der Waals surface area (Å²) in [6.07, 6.45) is 2.54. The van der Waals surface area contributed by atoms with Gasteiger partial charge in [0.25, 0.3) is 0 Å². The van der Waals surface area contributed by atoms with Crippen LogP contribution in [-0.4, -0.2) is 24.2 Å². The fourth-order valence-corrected chi connectivity index (χ4v) is 1.14. The zero-order valence-electron chi connectivity index (χ0n) is 7.16. The van der Waals surface area contributed by atoms with Gasteiger partial charge in [0.1, 0.15) is 12.4 Å². The maximum absolute atomic E-state index is 12.4. The van der Waals surface area contributed by atoms with Crippen LogP contribution < -0.4 is 10.1 Å². The first-order chi connectivity index (χ1) is 6.34. The molecule has 1 N–H and O–H groups in total. The summed E-state index contributed by atoms with van der Waals surface area (Å²) in [6, 6.07) is 3.33. The summed E-state index contributed by atoms with van der Waals surface area (Å²) in [5.74, 6) is 0.143. The fourth-order valence-electron chi connectivity index (χ4n) is 1.14. The first kappa shape index (κ1) is 8.44. The highest BCUT2D eigenvalue weighted by molar-refractivity contribution is 5.16. The molecule has 0 aliphatic carbocycles. The fraction of sp³-hybridized carbons (Fsp3) is 0.444. The molecule has 0 bridgehead atoms. The molecule has 3 nitrogen and oxygen atoms in total. The minimum absolute atomic E-state index is 0.449. The molecule has 2 rings (SSSR count). The van der Waals surface area contributed by atoms with Crippen LogP contribution in [0.15, 0.2) is 18.3 Å². The van der Waals surface area contributed by atoms with Crippen molar-refractivity contribution in [1.82, 2.24) is 10.3 Å². The molecule has 13 heavy (non-hydrogen) atoms. The third-order valence-electron chi connectivity index (χ3n) is 2.08. The lowest BCUT2D eigenvalue weighted by Gasteiger charge is -2.27. The van der Waals surface area contributed by atoms with Crippen molar-refractivity contribution in [3.8, 4) is 5.75 Å². The number of hydrogen-bond donors (Lipinski definition) is 1. The van der Waals surface area contributed by atoms with E-state index in [-0.39, 0.29) is 0 Å². The minimum Gasteiger partial charge on any atom is -0.490 e. The van der Waals surface area contributed by atoms with E-state index in [9.17, 15) is 4.39 Å². The van der Waals surface area contributed by atoms with Crippen LogP contribution in [0.2, 0.25) is 0 Å². The molecule has 1 aromatic rings. The Labute approximate surface area is 75.9 Å². The second-order valence-electron chi connectivity index (χ2n) is 3.07. The van der Waals surface area contributed by atoms with Crippen molar-refractivity contribution in [3.63, 3.8) is 0 Å². The number of nitrogens with zero attached hydrogens (tertiary/aromatic N) is 1. The van der Waals surface area contributed by atoms with Crippen molar-refractivity contribution in [2.45, 2.75) is 12.5 Å². The Balaban J connectivity index is 1.83. The zero-order chi connectivity index (χ0) is 9.10. The van der Waals surface area contributed by atoms with Crippen molar-refractivity contribution in [2.75, 3.05) is 13.2 Å². The van der Waals surface area contributed by atoms with Gasteiger partial charge in [-0.1, -0.05) is 0 Å². The molecule has 1 aliphatic rings. The summed E-state index contributed by atoms with van der Waals surface area (Å²) < 4.78 is 17.8. The van der Waals surface area contributed by atoms with E-state index in [1.54, 1.807) is 6.07 Å². The highest BCUT2D eigenvalue weighted by atomic mass is 19.1. The number of pyridine rings is 1. The van der Waals surface area contributed by atoms with E-state index in [4.69, 9.17) is 4.74 Å². The number of ether oxygens (including phenoxy) is 1. The van der Waals surface area contributed by atoms with Crippen molar-refractivity contribution < 1.29 is 9.13 Å². The van der Waals surface area contributed by atoms with Crippen LogP contribution in [0.5, 0.6) is 5.75 Å². The minimum atomic E-state index is -0.478. The van der Waals surface area contributed by atoms with Gasteiger partial charge < -0.3 is 10.1 Å². The Morgan fingerprint density at radius 3 is 3.00 bits per heavy atom. The van der Waals surface area contributed by atoms with E-state index >= 15 is 0 Å². The smallest absolute Gasteiger partial charge is 0.213 e. The number of halogens is 1. The van der Waals surface area contributed by atoms with Gasteiger partial charge in [-0.05, 0) is 25.1 Å². The van der Waals surface area contributed by atoms with Crippen molar-refractivity contribution >= 4 is 0 Å². The Bertz CT molecular complexity index is 271. The molecule has 70 valence electrons. The number of nitrogens with one attached hydrogen (secondary N) is 1. The lowest BCUT2D eigenvalue weighted by atomic mass is 10.1. The van der Waals surface area contributed by atoms with Crippen molar-refractivity contribution in [2.24, 2.45) is 0 Å². The third-order valence-corrected chi connectivity index (χ3v) is 2.08. The van der Waals surface area contributed by atoms with Gasteiger partial charge in [0.05, 0.1) is 6.20 Å². The summed E-state index contributed by atoms with van der Waals surface area (Å²) in [7, 11) is 0. The highest BCUT2D eigenvalue weighted by Gasteiger charge is 2.16. The average Bonchev–Trinajstić information content (AvgIpc) is 2.05.